The van der Waals surface area contributed by atoms with E-state index in [1.807, 2.05) is 0 Å². The van der Waals surface area contributed by atoms with Gasteiger partial charge in [-0.25, -0.2) is 0 Å². The molecule has 1 unspecified atom stereocenters. The van der Waals surface area contributed by atoms with Gasteiger partial charge in [0.25, 0.3) is 0 Å². The Kier molecular flexibility index (Phi) is 19.9. The first-order chi connectivity index (χ1) is 24.9. The van der Waals surface area contributed by atoms with Crippen LogP contribution in [0.3, 0.4) is 0 Å². The van der Waals surface area contributed by atoms with E-state index >= 15 is 0 Å². The van der Waals surface area contributed by atoms with Crippen LogP contribution in [0.25, 0.3) is 0 Å². The smallest absolute Gasteiger partial charge is 0.691 e. The number of esters is 2. The molecule has 35 heteroatoms. The number of halogens is 26. The summed E-state index contributed by atoms with van der Waals surface area (Å²) in [5, 5.41) is 12.7. The van der Waals surface area contributed by atoms with Crippen LogP contribution in [0, 0.1) is 5.92 Å². The number of carbonyl (C=O) groups is 2. The van der Waals surface area contributed by atoms with Crippen LogP contribution in [0.5, 0.6) is 0 Å². The maximum atomic E-state index is 13.9. The first-order valence-corrected chi connectivity index (χ1v) is 14.7. The van der Waals surface area contributed by atoms with Crippen LogP contribution in [-0.4, -0.2) is 102 Å². The topological polar surface area (TPSA) is 94.1 Å². The molecule has 0 heterocycles. The summed E-state index contributed by atoms with van der Waals surface area (Å²) >= 11 is -0.268. The molecule has 0 radical (unpaired) electrons. The fourth-order valence-corrected chi connectivity index (χ4v) is 4.10. The zero-order chi connectivity index (χ0) is 45.9. The maximum Gasteiger partial charge on any atom is 1.00 e. The first kappa shape index (κ1) is 59.1. The Morgan fingerprint density at radius 3 is 1.10 bits per heavy atom. The van der Waals surface area contributed by atoms with Crippen molar-refractivity contribution < 1.29 is 199 Å². The number of carbonyl (C=O) groups excluding carboxylic acids is 2. The van der Waals surface area contributed by atoms with Crippen molar-refractivity contribution in [1.82, 2.24) is 0 Å². The molecule has 0 bridgehead atoms. The van der Waals surface area contributed by atoms with Gasteiger partial charge in [0, 0.05) is 30.6 Å². The van der Waals surface area contributed by atoms with Crippen LogP contribution in [0.1, 0.15) is 32.1 Å². The van der Waals surface area contributed by atoms with Crippen molar-refractivity contribution in [2.24, 2.45) is 5.92 Å². The third-order valence-corrected chi connectivity index (χ3v) is 7.56. The average molecular weight is 970 g/mol. The van der Waals surface area contributed by atoms with Gasteiger partial charge in [-0.05, 0) is 12.8 Å². The fourth-order valence-electron chi connectivity index (χ4n) is 3.58. The molecular weight excluding hydrogens is 953 g/mol. The normalized spacial score (nSPS) is 15.5. The fraction of sp³-hybridized carbons (Fsp3) is 0.913. The minimum atomic E-state index is -8.22. The molecule has 0 amide bonds. The van der Waals surface area contributed by atoms with E-state index in [-0.39, 0.29) is 63.4 Å². The van der Waals surface area contributed by atoms with E-state index in [9.17, 15) is 129 Å². The third-order valence-electron chi connectivity index (χ3n) is 6.87. The summed E-state index contributed by atoms with van der Waals surface area (Å²) in [6, 6.07) is 0. The molecule has 0 aliphatic carbocycles. The summed E-state index contributed by atoms with van der Waals surface area (Å²) in [6.45, 7) is -3.41. The Balaban J connectivity index is 0. The van der Waals surface area contributed by atoms with E-state index in [0.717, 1.165) is 0 Å². The Morgan fingerprint density at radius 1 is 0.483 bits per heavy atom. The van der Waals surface area contributed by atoms with Gasteiger partial charge in [-0.15, -0.1) is 0 Å². The second-order valence-corrected chi connectivity index (χ2v) is 11.6. The van der Waals surface area contributed by atoms with Crippen molar-refractivity contribution in [3.63, 3.8) is 0 Å². The van der Waals surface area contributed by atoms with E-state index < -0.39 is 141 Å². The van der Waals surface area contributed by atoms with Gasteiger partial charge in [-0.3, -0.25) is 14.6 Å². The number of alkyl halides is 26. The van der Waals surface area contributed by atoms with Crippen LogP contribution in [0.4, 0.5) is 114 Å². The molecule has 0 aromatic carbocycles. The molecule has 0 aliphatic rings. The molecule has 0 aromatic rings. The predicted molar refractivity (Wildman–Crippen MR) is 125 cm³/mol. The predicted octanol–water partition coefficient (Wildman–Crippen LogP) is 5.99. The Labute approximate surface area is 350 Å². The van der Waals surface area contributed by atoms with Gasteiger partial charge in [0.1, 0.15) is 0 Å². The van der Waals surface area contributed by atoms with Crippen molar-refractivity contribution in [1.29, 1.82) is 0 Å². The zero-order valence-corrected chi connectivity index (χ0v) is 31.3. The molecule has 0 spiro atoms. The molecule has 7 nitrogen and oxygen atoms in total. The van der Waals surface area contributed by atoms with Crippen molar-refractivity contribution in [2.45, 2.75) is 104 Å². The molecule has 58 heavy (non-hydrogen) atoms. The number of rotatable bonds is 23. The summed E-state index contributed by atoms with van der Waals surface area (Å²) < 4.78 is 354. The van der Waals surface area contributed by atoms with E-state index in [1.54, 1.807) is 0 Å². The van der Waals surface area contributed by atoms with Crippen molar-refractivity contribution >= 4 is 24.0 Å². The van der Waals surface area contributed by atoms with E-state index in [2.05, 4.69) is 18.8 Å². The molecule has 0 saturated carbocycles. The van der Waals surface area contributed by atoms with Gasteiger partial charge in [-0.2, -0.15) is 118 Å². The molecular formula is C23H17F26KO7S. The molecule has 0 saturated heterocycles. The zero-order valence-electron chi connectivity index (χ0n) is 27.3. The average Bonchev–Trinajstić information content (AvgIpc) is 3.02. The van der Waals surface area contributed by atoms with Crippen LogP contribution in [0.2, 0.25) is 0 Å². The van der Waals surface area contributed by atoms with Gasteiger partial charge in [-0.1, -0.05) is 0 Å². The Bertz CT molecular complexity index is 1360. The largest absolute Gasteiger partial charge is 1.00 e. The quantitative estimate of drug-likeness (QED) is 0.0235. The van der Waals surface area contributed by atoms with Crippen LogP contribution < -0.4 is 56.6 Å². The van der Waals surface area contributed by atoms with Gasteiger partial charge in [0.2, 0.25) is 0 Å². The molecule has 340 valence electrons. The summed E-state index contributed by atoms with van der Waals surface area (Å²) in [7, 11) is 0. The van der Waals surface area contributed by atoms with Crippen LogP contribution >= 0.6 is 12.0 Å². The van der Waals surface area contributed by atoms with Crippen LogP contribution in [0.15, 0.2) is 0 Å². The minimum Gasteiger partial charge on any atom is -0.691 e. The summed E-state index contributed by atoms with van der Waals surface area (Å²) in [4.78, 5) is 24.1. The SMILES string of the molecule is O=C(CC(CSOO[O-])C(=O)OCCCC(F)(F)C(F)(F)C(F)(F)C(F)(F)C(F)(F)C(F)(F)F)OCCCC(F)(F)C(F)(F)C(F)(F)C(F)(F)C(F)(F)C(F)(F)F.[K+]. The molecule has 1 atom stereocenters. The van der Waals surface area contributed by atoms with Crippen molar-refractivity contribution in [3.05, 3.63) is 0 Å². The summed E-state index contributed by atoms with van der Waals surface area (Å²) in [5.74, 6) is -84.5. The van der Waals surface area contributed by atoms with Gasteiger partial charge >= 0.3 is 135 Å². The Hall–Kier alpha value is -1.01. The molecule has 0 rings (SSSR count). The van der Waals surface area contributed by atoms with Gasteiger partial charge < -0.3 is 14.7 Å². The minimum absolute atomic E-state index is 0. The first-order valence-electron chi connectivity index (χ1n) is 13.8. The van der Waals surface area contributed by atoms with E-state index in [4.69, 9.17) is 0 Å². The molecule has 0 N–H and O–H groups in total. The van der Waals surface area contributed by atoms with Crippen LogP contribution in [-0.2, 0) is 28.4 Å². The Morgan fingerprint density at radius 2 is 0.793 bits per heavy atom. The second-order valence-electron chi connectivity index (χ2n) is 10.9. The monoisotopic (exact) mass is 970 g/mol. The summed E-state index contributed by atoms with van der Waals surface area (Å²) in [5.41, 5.74) is 0. The van der Waals surface area contributed by atoms with E-state index in [1.165, 1.54) is 0 Å². The van der Waals surface area contributed by atoms with Gasteiger partial charge in [0.05, 0.1) is 25.6 Å². The van der Waals surface area contributed by atoms with E-state index in [0.29, 0.717) is 0 Å². The molecule has 0 fully saturated rings. The maximum absolute atomic E-state index is 13.9. The number of hydrogen-bond acceptors (Lipinski definition) is 8. The van der Waals surface area contributed by atoms with Gasteiger partial charge in [0.15, 0.2) is 0 Å². The molecule has 0 aliphatic heterocycles. The number of hydrogen-bond donors (Lipinski definition) is 0. The second kappa shape index (κ2) is 19.6. The summed E-state index contributed by atoms with van der Waals surface area (Å²) in [6.07, 6.45) is -26.3. The number of ether oxygens (including phenoxy) is 2. The standard InChI is InChI=1S/C23H18F26O7S.K/c24-12(25,14(28,29)16(32,33)18(36,37)20(40,41)22(44,45)46)3-1-5-53-10(50)7-9(8-57-56-55-52)11(51)54-6-2-4-13(26,27)15(30,31)17(34,35)19(38,39)21(42,43)23(47,48)49;/h9,52H,1-8H2;/q;+1/p-1. The molecule has 0 aromatic heterocycles. The van der Waals surface area contributed by atoms with Crippen molar-refractivity contribution in [3.8, 4) is 0 Å². The third kappa shape index (κ3) is 11.5. The van der Waals surface area contributed by atoms with Crippen molar-refractivity contribution in [2.75, 3.05) is 19.0 Å².